The van der Waals surface area contributed by atoms with Gasteiger partial charge < -0.3 is 9.47 Å². The maximum Gasteiger partial charge on any atom is 0.216 e. The van der Waals surface area contributed by atoms with Gasteiger partial charge in [0.1, 0.15) is 12.4 Å². The SMILES string of the molecule is CCOc1cc(/C=N\n2c(C)n[nH]c2=S)ccc1OCc1ccc(C)cc1. The van der Waals surface area contributed by atoms with Crippen LogP contribution in [0.4, 0.5) is 0 Å². The van der Waals surface area contributed by atoms with Crippen LogP contribution >= 0.6 is 12.2 Å². The summed E-state index contributed by atoms with van der Waals surface area (Å²) in [5, 5.41) is 11.1. The first-order valence-corrected chi connectivity index (χ1v) is 9.11. The molecule has 0 unspecified atom stereocenters. The van der Waals surface area contributed by atoms with Gasteiger partial charge in [-0.3, -0.25) is 5.10 Å². The Morgan fingerprint density at radius 3 is 2.56 bits per heavy atom. The highest BCUT2D eigenvalue weighted by molar-refractivity contribution is 7.71. The van der Waals surface area contributed by atoms with E-state index in [4.69, 9.17) is 21.7 Å². The fourth-order valence-corrected chi connectivity index (χ4v) is 2.69. The third-order valence-electron chi connectivity index (χ3n) is 3.92. The van der Waals surface area contributed by atoms with Crippen LogP contribution < -0.4 is 9.47 Å². The van der Waals surface area contributed by atoms with Crippen LogP contribution in [0.1, 0.15) is 29.4 Å². The van der Waals surface area contributed by atoms with Crippen LogP contribution in [0.25, 0.3) is 0 Å². The van der Waals surface area contributed by atoms with Crippen LogP contribution in [0, 0.1) is 18.6 Å². The van der Waals surface area contributed by atoms with Crippen LogP contribution in [0.3, 0.4) is 0 Å². The van der Waals surface area contributed by atoms with E-state index in [0.717, 1.165) is 11.1 Å². The smallest absolute Gasteiger partial charge is 0.216 e. The molecule has 0 aliphatic carbocycles. The van der Waals surface area contributed by atoms with E-state index in [1.807, 2.05) is 32.0 Å². The summed E-state index contributed by atoms with van der Waals surface area (Å²) in [6.45, 7) is 6.87. The first kappa shape index (κ1) is 18.8. The summed E-state index contributed by atoms with van der Waals surface area (Å²) in [6.07, 6.45) is 1.71. The number of aromatic amines is 1. The third-order valence-corrected chi connectivity index (χ3v) is 4.18. The number of rotatable bonds is 7. The van der Waals surface area contributed by atoms with E-state index in [9.17, 15) is 0 Å². The standard InChI is InChI=1S/C20H22N4O2S/c1-4-25-19-11-17(12-21-24-15(3)22-23-20(24)27)9-10-18(19)26-13-16-7-5-14(2)6-8-16/h5-12H,4,13H2,1-3H3,(H,23,27)/b21-12-. The molecular weight excluding hydrogens is 360 g/mol. The minimum Gasteiger partial charge on any atom is -0.490 e. The van der Waals surface area contributed by atoms with Crippen molar-refractivity contribution in [3.63, 3.8) is 0 Å². The average Bonchev–Trinajstić information content (AvgIpc) is 2.99. The number of hydrogen-bond acceptors (Lipinski definition) is 5. The minimum atomic E-state index is 0.451. The molecule has 6 nitrogen and oxygen atoms in total. The van der Waals surface area contributed by atoms with E-state index >= 15 is 0 Å². The maximum absolute atomic E-state index is 5.95. The fraction of sp³-hybridized carbons (Fsp3) is 0.250. The lowest BCUT2D eigenvalue weighted by molar-refractivity contribution is 0.269. The Morgan fingerprint density at radius 2 is 1.89 bits per heavy atom. The van der Waals surface area contributed by atoms with Crippen molar-refractivity contribution in [3.05, 3.63) is 69.8 Å². The minimum absolute atomic E-state index is 0.451. The molecule has 0 atom stereocenters. The molecule has 0 saturated heterocycles. The Balaban J connectivity index is 1.77. The van der Waals surface area contributed by atoms with Gasteiger partial charge in [-0.1, -0.05) is 29.8 Å². The number of hydrogen-bond donors (Lipinski definition) is 1. The Morgan fingerprint density at radius 1 is 1.11 bits per heavy atom. The maximum atomic E-state index is 5.95. The van der Waals surface area contributed by atoms with Gasteiger partial charge in [0.15, 0.2) is 11.5 Å². The van der Waals surface area contributed by atoms with E-state index in [1.54, 1.807) is 10.9 Å². The number of ether oxygens (including phenoxy) is 2. The van der Waals surface area contributed by atoms with E-state index in [-0.39, 0.29) is 0 Å². The quantitative estimate of drug-likeness (QED) is 0.485. The number of benzene rings is 2. The van der Waals surface area contributed by atoms with Gasteiger partial charge in [-0.25, -0.2) is 0 Å². The van der Waals surface area contributed by atoms with Gasteiger partial charge in [-0.2, -0.15) is 14.9 Å². The van der Waals surface area contributed by atoms with Gasteiger partial charge in [0.25, 0.3) is 0 Å². The number of aromatic nitrogens is 3. The van der Waals surface area contributed by atoms with E-state index < -0.39 is 0 Å². The first-order chi connectivity index (χ1) is 13.1. The van der Waals surface area contributed by atoms with Gasteiger partial charge in [-0.15, -0.1) is 0 Å². The fourth-order valence-electron chi connectivity index (χ4n) is 2.47. The highest BCUT2D eigenvalue weighted by Gasteiger charge is 2.07. The monoisotopic (exact) mass is 382 g/mol. The third kappa shape index (κ3) is 4.83. The number of nitrogens with zero attached hydrogens (tertiary/aromatic N) is 3. The lowest BCUT2D eigenvalue weighted by atomic mass is 10.2. The summed E-state index contributed by atoms with van der Waals surface area (Å²) in [5.41, 5.74) is 3.22. The summed E-state index contributed by atoms with van der Waals surface area (Å²) in [6, 6.07) is 14.0. The second-order valence-electron chi connectivity index (χ2n) is 6.05. The van der Waals surface area contributed by atoms with Crippen molar-refractivity contribution in [1.82, 2.24) is 14.9 Å². The lowest BCUT2D eigenvalue weighted by Crippen LogP contribution is -2.01. The second kappa shape index (κ2) is 8.64. The highest BCUT2D eigenvalue weighted by Crippen LogP contribution is 2.29. The number of aryl methyl sites for hydroxylation is 2. The molecule has 0 spiro atoms. The number of nitrogens with one attached hydrogen (secondary N) is 1. The van der Waals surface area contributed by atoms with Crippen LogP contribution in [0.2, 0.25) is 0 Å². The molecule has 0 saturated carbocycles. The lowest BCUT2D eigenvalue weighted by Gasteiger charge is -2.12. The predicted octanol–water partition coefficient (Wildman–Crippen LogP) is 4.42. The summed E-state index contributed by atoms with van der Waals surface area (Å²) in [4.78, 5) is 0. The Bertz CT molecular complexity index is 990. The molecule has 1 N–H and O–H groups in total. The highest BCUT2D eigenvalue weighted by atomic mass is 32.1. The molecule has 0 amide bonds. The Labute approximate surface area is 163 Å². The molecule has 1 heterocycles. The van der Waals surface area contributed by atoms with Gasteiger partial charge in [0, 0.05) is 0 Å². The molecule has 7 heteroatoms. The topological polar surface area (TPSA) is 64.4 Å². The predicted molar refractivity (Wildman–Crippen MR) is 108 cm³/mol. The summed E-state index contributed by atoms with van der Waals surface area (Å²) in [7, 11) is 0. The van der Waals surface area contributed by atoms with Crippen molar-refractivity contribution in [3.8, 4) is 11.5 Å². The van der Waals surface area contributed by atoms with Crippen molar-refractivity contribution >= 4 is 18.4 Å². The molecule has 1 aromatic heterocycles. The van der Waals surface area contributed by atoms with Crippen LogP contribution in [0.5, 0.6) is 11.5 Å². The van der Waals surface area contributed by atoms with Gasteiger partial charge in [0.2, 0.25) is 4.77 Å². The van der Waals surface area contributed by atoms with Crippen molar-refractivity contribution in [2.24, 2.45) is 5.10 Å². The van der Waals surface area contributed by atoms with E-state index in [1.165, 1.54) is 5.56 Å². The largest absolute Gasteiger partial charge is 0.490 e. The zero-order valence-electron chi connectivity index (χ0n) is 15.6. The molecule has 0 fully saturated rings. The zero-order chi connectivity index (χ0) is 19.2. The van der Waals surface area contributed by atoms with E-state index in [0.29, 0.717) is 35.3 Å². The Kier molecular flexibility index (Phi) is 6.03. The normalized spacial score (nSPS) is 11.1. The molecule has 0 bridgehead atoms. The van der Waals surface area contributed by atoms with Crippen molar-refractivity contribution in [2.75, 3.05) is 6.61 Å². The van der Waals surface area contributed by atoms with Crippen LogP contribution in [-0.2, 0) is 6.61 Å². The first-order valence-electron chi connectivity index (χ1n) is 8.70. The molecule has 0 radical (unpaired) electrons. The molecule has 0 aliphatic heterocycles. The molecule has 0 aliphatic rings. The zero-order valence-corrected chi connectivity index (χ0v) is 16.4. The molecular formula is C20H22N4O2S. The second-order valence-corrected chi connectivity index (χ2v) is 6.43. The van der Waals surface area contributed by atoms with Crippen molar-refractivity contribution < 1.29 is 9.47 Å². The van der Waals surface area contributed by atoms with Crippen LogP contribution in [-0.4, -0.2) is 27.7 Å². The molecule has 27 heavy (non-hydrogen) atoms. The van der Waals surface area contributed by atoms with Gasteiger partial charge in [-0.05, 0) is 62.3 Å². The van der Waals surface area contributed by atoms with Gasteiger partial charge in [0.05, 0.1) is 12.8 Å². The summed E-state index contributed by atoms with van der Waals surface area (Å²) < 4.78 is 13.7. The van der Waals surface area contributed by atoms with Gasteiger partial charge >= 0.3 is 0 Å². The summed E-state index contributed by atoms with van der Waals surface area (Å²) >= 11 is 5.15. The molecule has 140 valence electrons. The van der Waals surface area contributed by atoms with E-state index in [2.05, 4.69) is 46.5 Å². The summed E-state index contributed by atoms with van der Waals surface area (Å²) in [5.74, 6) is 2.08. The average molecular weight is 382 g/mol. The van der Waals surface area contributed by atoms with Crippen LogP contribution in [0.15, 0.2) is 47.6 Å². The molecule has 2 aromatic carbocycles. The van der Waals surface area contributed by atoms with Crippen molar-refractivity contribution in [2.45, 2.75) is 27.4 Å². The number of H-pyrrole nitrogens is 1. The molecule has 3 aromatic rings. The van der Waals surface area contributed by atoms with Crippen molar-refractivity contribution in [1.29, 1.82) is 0 Å². The molecule has 3 rings (SSSR count). The Hall–Kier alpha value is -2.93.